The molecule has 2 aliphatic rings. The molecule has 1 aliphatic heterocycles. The number of nitrogens with one attached hydrogen (secondary N) is 1. The van der Waals surface area contributed by atoms with Gasteiger partial charge in [0.25, 0.3) is 0 Å². The van der Waals surface area contributed by atoms with Gasteiger partial charge in [0, 0.05) is 11.8 Å². The quantitative estimate of drug-likeness (QED) is 0.831. The highest BCUT2D eigenvalue weighted by Gasteiger charge is 2.25. The van der Waals surface area contributed by atoms with Gasteiger partial charge in [-0.05, 0) is 37.5 Å². The maximum atomic E-state index is 4.81. The maximum absolute atomic E-state index is 4.81. The average Bonchev–Trinajstić information content (AvgIpc) is 2.81. The molecule has 1 fully saturated rings. The molecule has 104 valence electrons. The third kappa shape index (κ3) is 3.91. The number of rotatable bonds is 4. The SMILES string of the molecule is CCCC1CCC(NC2=NC(C(C)C)CS2)CC1. The fraction of sp³-hybridized carbons (Fsp3) is 0.933. The van der Waals surface area contributed by atoms with Gasteiger partial charge in [-0.1, -0.05) is 45.4 Å². The molecule has 1 N–H and O–H groups in total. The molecule has 1 aliphatic carbocycles. The van der Waals surface area contributed by atoms with E-state index in [-0.39, 0.29) is 0 Å². The van der Waals surface area contributed by atoms with E-state index in [0.717, 1.165) is 5.92 Å². The molecular formula is C15H28N2S. The Labute approximate surface area is 116 Å². The Morgan fingerprint density at radius 1 is 1.28 bits per heavy atom. The van der Waals surface area contributed by atoms with E-state index in [4.69, 9.17) is 4.99 Å². The van der Waals surface area contributed by atoms with Crippen LogP contribution in [0.5, 0.6) is 0 Å². The number of aliphatic imine (C=N–C) groups is 1. The first-order chi connectivity index (χ1) is 8.69. The molecule has 2 nitrogen and oxygen atoms in total. The summed E-state index contributed by atoms with van der Waals surface area (Å²) in [6.45, 7) is 6.85. The van der Waals surface area contributed by atoms with Crippen LogP contribution in [0, 0.1) is 11.8 Å². The lowest BCUT2D eigenvalue weighted by atomic mass is 9.83. The van der Waals surface area contributed by atoms with Gasteiger partial charge in [-0.3, -0.25) is 4.99 Å². The van der Waals surface area contributed by atoms with Gasteiger partial charge in [-0.25, -0.2) is 0 Å². The van der Waals surface area contributed by atoms with Gasteiger partial charge < -0.3 is 5.32 Å². The topological polar surface area (TPSA) is 24.4 Å². The molecule has 18 heavy (non-hydrogen) atoms. The van der Waals surface area contributed by atoms with Crippen LogP contribution in [-0.2, 0) is 0 Å². The Hall–Kier alpha value is -0.180. The molecule has 1 atom stereocenters. The minimum atomic E-state index is 0.536. The number of hydrogen-bond donors (Lipinski definition) is 1. The molecule has 0 aromatic heterocycles. The number of nitrogens with zero attached hydrogens (tertiary/aromatic N) is 1. The van der Waals surface area contributed by atoms with Crippen molar-refractivity contribution in [2.75, 3.05) is 5.75 Å². The van der Waals surface area contributed by atoms with Crippen LogP contribution in [0.15, 0.2) is 4.99 Å². The van der Waals surface area contributed by atoms with Gasteiger partial charge in [0.05, 0.1) is 6.04 Å². The zero-order valence-electron chi connectivity index (χ0n) is 12.1. The molecule has 3 heteroatoms. The van der Waals surface area contributed by atoms with Gasteiger partial charge in [0.15, 0.2) is 5.17 Å². The molecule has 0 radical (unpaired) electrons. The second-order valence-electron chi connectivity index (χ2n) is 6.21. The lowest BCUT2D eigenvalue weighted by Gasteiger charge is -2.29. The number of hydrogen-bond acceptors (Lipinski definition) is 3. The predicted molar refractivity (Wildman–Crippen MR) is 82.3 cm³/mol. The van der Waals surface area contributed by atoms with E-state index >= 15 is 0 Å². The van der Waals surface area contributed by atoms with E-state index in [1.807, 2.05) is 11.8 Å². The summed E-state index contributed by atoms with van der Waals surface area (Å²) in [5.41, 5.74) is 0. The van der Waals surface area contributed by atoms with Gasteiger partial charge in [-0.15, -0.1) is 0 Å². The van der Waals surface area contributed by atoms with Crippen molar-refractivity contribution in [1.82, 2.24) is 5.32 Å². The van der Waals surface area contributed by atoms with Crippen molar-refractivity contribution in [1.29, 1.82) is 0 Å². The third-order valence-electron chi connectivity index (χ3n) is 4.31. The van der Waals surface area contributed by atoms with Crippen LogP contribution in [0.1, 0.15) is 59.3 Å². The molecule has 2 rings (SSSR count). The standard InChI is InChI=1S/C15H28N2S/c1-4-5-12-6-8-13(9-7-12)16-15-17-14(10-18-15)11(2)3/h11-14H,4-10H2,1-3H3,(H,16,17). The lowest BCUT2D eigenvalue weighted by molar-refractivity contribution is 0.296. The first kappa shape index (κ1) is 14.2. The fourth-order valence-corrected chi connectivity index (χ4v) is 4.24. The summed E-state index contributed by atoms with van der Waals surface area (Å²) >= 11 is 1.92. The second-order valence-corrected chi connectivity index (χ2v) is 7.22. The summed E-state index contributed by atoms with van der Waals surface area (Å²) in [5.74, 6) is 2.84. The second kappa shape index (κ2) is 6.83. The Morgan fingerprint density at radius 3 is 2.56 bits per heavy atom. The Kier molecular flexibility index (Phi) is 5.40. The minimum absolute atomic E-state index is 0.536. The maximum Gasteiger partial charge on any atom is 0.157 e. The largest absolute Gasteiger partial charge is 0.362 e. The van der Waals surface area contributed by atoms with Crippen molar-refractivity contribution in [3.05, 3.63) is 0 Å². The van der Waals surface area contributed by atoms with Crippen molar-refractivity contribution in [2.24, 2.45) is 16.8 Å². The zero-order chi connectivity index (χ0) is 13.0. The summed E-state index contributed by atoms with van der Waals surface area (Å²) in [6.07, 6.45) is 8.29. The van der Waals surface area contributed by atoms with Crippen LogP contribution in [0.3, 0.4) is 0 Å². The monoisotopic (exact) mass is 268 g/mol. The molecule has 1 saturated carbocycles. The van der Waals surface area contributed by atoms with Crippen LogP contribution in [0.2, 0.25) is 0 Å². The number of amidine groups is 1. The van der Waals surface area contributed by atoms with Crippen molar-refractivity contribution < 1.29 is 0 Å². The van der Waals surface area contributed by atoms with Crippen LogP contribution in [0.25, 0.3) is 0 Å². The van der Waals surface area contributed by atoms with Crippen LogP contribution < -0.4 is 5.32 Å². The predicted octanol–water partition coefficient (Wildman–Crippen LogP) is 4.06. The van der Waals surface area contributed by atoms with E-state index < -0.39 is 0 Å². The Bertz CT molecular complexity index is 280. The third-order valence-corrected chi connectivity index (χ3v) is 5.32. The van der Waals surface area contributed by atoms with Gasteiger partial charge >= 0.3 is 0 Å². The molecule has 0 saturated heterocycles. The molecule has 0 spiro atoms. The highest BCUT2D eigenvalue weighted by Crippen LogP contribution is 2.29. The average molecular weight is 268 g/mol. The fourth-order valence-electron chi connectivity index (χ4n) is 2.99. The molecule has 0 amide bonds. The Morgan fingerprint density at radius 2 is 2.00 bits per heavy atom. The molecule has 1 unspecified atom stereocenters. The molecular weight excluding hydrogens is 240 g/mol. The van der Waals surface area contributed by atoms with E-state index in [1.54, 1.807) is 0 Å². The highest BCUT2D eigenvalue weighted by atomic mass is 32.2. The smallest absolute Gasteiger partial charge is 0.157 e. The van der Waals surface area contributed by atoms with Gasteiger partial charge in [0.2, 0.25) is 0 Å². The normalized spacial score (nSPS) is 32.7. The van der Waals surface area contributed by atoms with E-state index in [0.29, 0.717) is 18.0 Å². The van der Waals surface area contributed by atoms with Gasteiger partial charge in [0.1, 0.15) is 0 Å². The van der Waals surface area contributed by atoms with Crippen LogP contribution in [-0.4, -0.2) is 23.0 Å². The van der Waals surface area contributed by atoms with E-state index in [2.05, 4.69) is 26.1 Å². The summed E-state index contributed by atoms with van der Waals surface area (Å²) in [4.78, 5) is 4.81. The van der Waals surface area contributed by atoms with Gasteiger partial charge in [-0.2, -0.15) is 0 Å². The summed E-state index contributed by atoms with van der Waals surface area (Å²) in [5, 5.41) is 4.89. The first-order valence-corrected chi connectivity index (χ1v) is 8.64. The summed E-state index contributed by atoms with van der Waals surface area (Å²) < 4.78 is 0. The molecule has 0 aromatic carbocycles. The number of thioether (sulfide) groups is 1. The molecule has 0 aromatic rings. The van der Waals surface area contributed by atoms with Crippen molar-refractivity contribution in [3.63, 3.8) is 0 Å². The van der Waals surface area contributed by atoms with Crippen LogP contribution in [0.4, 0.5) is 0 Å². The summed E-state index contributed by atoms with van der Waals surface area (Å²) in [6, 6.07) is 1.23. The first-order valence-electron chi connectivity index (χ1n) is 7.66. The lowest BCUT2D eigenvalue weighted by Crippen LogP contribution is -2.35. The zero-order valence-corrected chi connectivity index (χ0v) is 12.9. The van der Waals surface area contributed by atoms with E-state index in [1.165, 1.54) is 49.4 Å². The molecule has 1 heterocycles. The van der Waals surface area contributed by atoms with Crippen molar-refractivity contribution >= 4 is 16.9 Å². The van der Waals surface area contributed by atoms with E-state index in [9.17, 15) is 0 Å². The highest BCUT2D eigenvalue weighted by molar-refractivity contribution is 8.14. The van der Waals surface area contributed by atoms with Crippen molar-refractivity contribution in [2.45, 2.75) is 71.4 Å². The van der Waals surface area contributed by atoms with Crippen LogP contribution >= 0.6 is 11.8 Å². The van der Waals surface area contributed by atoms with Crippen molar-refractivity contribution in [3.8, 4) is 0 Å². The Balaban J connectivity index is 1.73. The summed E-state index contributed by atoms with van der Waals surface area (Å²) in [7, 11) is 0. The minimum Gasteiger partial charge on any atom is -0.362 e. The molecule has 0 bridgehead atoms.